The molecule has 0 aromatic heterocycles. The maximum Gasteiger partial charge on any atom is -0.0297 e. The lowest BCUT2D eigenvalue weighted by Crippen LogP contribution is -2.21. The highest BCUT2D eigenvalue weighted by atomic mass is 14.3. The molecule has 0 N–H and O–H groups in total. The Hall–Kier alpha value is 0. The van der Waals surface area contributed by atoms with E-state index in [4.69, 9.17) is 0 Å². The van der Waals surface area contributed by atoms with Crippen molar-refractivity contribution < 1.29 is 0 Å². The third-order valence-corrected chi connectivity index (χ3v) is 6.24. The van der Waals surface area contributed by atoms with Crippen LogP contribution in [0.3, 0.4) is 0 Å². The van der Waals surface area contributed by atoms with E-state index in [-0.39, 0.29) is 0 Å². The van der Waals surface area contributed by atoms with E-state index in [1.807, 2.05) is 0 Å². The second-order valence-electron chi connectivity index (χ2n) is 8.74. The zero-order chi connectivity index (χ0) is 18.6. The molecule has 0 spiro atoms. The molecule has 0 heteroatoms. The molecule has 0 aromatic rings. The van der Waals surface area contributed by atoms with Crippen LogP contribution in [0.4, 0.5) is 0 Å². The van der Waals surface area contributed by atoms with E-state index in [0.717, 1.165) is 0 Å². The highest BCUT2D eigenvalue weighted by Gasteiger charge is 2.27. The standard InChI is InChI=1S/C25H52/c1-5-9-13-15-17-19-23-25(21-11-7-3,22-12-8-4)24-20-18-16-14-10-6-2/h5-24H2,1-4H3. The number of unbranched alkanes of at least 4 members (excludes halogenated alkanes) is 12. The Morgan fingerprint density at radius 2 is 0.600 bits per heavy atom. The van der Waals surface area contributed by atoms with Gasteiger partial charge in [-0.05, 0) is 31.1 Å². The topological polar surface area (TPSA) is 0 Å². The van der Waals surface area contributed by atoms with Crippen molar-refractivity contribution in [1.82, 2.24) is 0 Å². The minimum absolute atomic E-state index is 0.696. The van der Waals surface area contributed by atoms with Crippen LogP contribution in [0.5, 0.6) is 0 Å². The third kappa shape index (κ3) is 14.8. The van der Waals surface area contributed by atoms with E-state index in [1.165, 1.54) is 128 Å². The van der Waals surface area contributed by atoms with Gasteiger partial charge in [0, 0.05) is 0 Å². The van der Waals surface area contributed by atoms with Gasteiger partial charge in [-0.2, -0.15) is 0 Å². The zero-order valence-electron chi connectivity index (χ0n) is 18.6. The molecular formula is C25H52. The van der Waals surface area contributed by atoms with Crippen molar-refractivity contribution in [1.29, 1.82) is 0 Å². The molecule has 0 unspecified atom stereocenters. The molecule has 0 fully saturated rings. The monoisotopic (exact) mass is 352 g/mol. The molecule has 0 bridgehead atoms. The van der Waals surface area contributed by atoms with Gasteiger partial charge in [-0.15, -0.1) is 0 Å². The van der Waals surface area contributed by atoms with Gasteiger partial charge in [0.05, 0.1) is 0 Å². The first-order valence-electron chi connectivity index (χ1n) is 12.2. The van der Waals surface area contributed by atoms with E-state index in [9.17, 15) is 0 Å². The summed E-state index contributed by atoms with van der Waals surface area (Å²) in [5, 5.41) is 0. The van der Waals surface area contributed by atoms with Crippen molar-refractivity contribution in [2.24, 2.45) is 5.41 Å². The second-order valence-corrected chi connectivity index (χ2v) is 8.74. The van der Waals surface area contributed by atoms with Gasteiger partial charge in [-0.3, -0.25) is 0 Å². The zero-order valence-corrected chi connectivity index (χ0v) is 18.6. The SMILES string of the molecule is CCCCCCCCC(CCCC)(CCCC)CCCCCCCC. The van der Waals surface area contributed by atoms with Crippen LogP contribution in [0.1, 0.15) is 156 Å². The molecule has 0 radical (unpaired) electrons. The average Bonchev–Trinajstić information content (AvgIpc) is 2.63. The molecule has 0 aliphatic carbocycles. The summed E-state index contributed by atoms with van der Waals surface area (Å²) in [5.41, 5.74) is 0.696. The summed E-state index contributed by atoms with van der Waals surface area (Å²) >= 11 is 0. The first-order valence-corrected chi connectivity index (χ1v) is 12.2. The number of rotatable bonds is 20. The Labute approximate surface area is 161 Å². The van der Waals surface area contributed by atoms with Gasteiger partial charge in [0.15, 0.2) is 0 Å². The summed E-state index contributed by atoms with van der Waals surface area (Å²) in [7, 11) is 0. The van der Waals surface area contributed by atoms with E-state index in [2.05, 4.69) is 27.7 Å². The van der Waals surface area contributed by atoms with Crippen molar-refractivity contribution in [3.8, 4) is 0 Å². The molecule has 0 rings (SSSR count). The lowest BCUT2D eigenvalue weighted by Gasteiger charge is -2.35. The van der Waals surface area contributed by atoms with Crippen LogP contribution < -0.4 is 0 Å². The fourth-order valence-corrected chi connectivity index (χ4v) is 4.41. The first kappa shape index (κ1) is 25.0. The molecule has 0 atom stereocenters. The second kappa shape index (κ2) is 18.8. The molecule has 0 saturated heterocycles. The third-order valence-electron chi connectivity index (χ3n) is 6.24. The van der Waals surface area contributed by atoms with Crippen LogP contribution in [-0.2, 0) is 0 Å². The van der Waals surface area contributed by atoms with E-state index in [0.29, 0.717) is 5.41 Å². The van der Waals surface area contributed by atoms with Gasteiger partial charge in [0.1, 0.15) is 0 Å². The predicted octanol–water partition coefficient (Wildman–Crippen LogP) is 9.85. The van der Waals surface area contributed by atoms with Crippen molar-refractivity contribution in [2.75, 3.05) is 0 Å². The Kier molecular flexibility index (Phi) is 18.8. The van der Waals surface area contributed by atoms with Crippen LogP contribution in [0.15, 0.2) is 0 Å². The highest BCUT2D eigenvalue weighted by Crippen LogP contribution is 2.41. The largest absolute Gasteiger partial charge is 0.0654 e. The molecule has 0 saturated carbocycles. The van der Waals surface area contributed by atoms with E-state index >= 15 is 0 Å². The molecule has 0 nitrogen and oxygen atoms in total. The number of hydrogen-bond acceptors (Lipinski definition) is 0. The lowest BCUT2D eigenvalue weighted by atomic mass is 9.71. The predicted molar refractivity (Wildman–Crippen MR) is 117 cm³/mol. The Bertz CT molecular complexity index is 216. The van der Waals surface area contributed by atoms with Crippen LogP contribution in [-0.4, -0.2) is 0 Å². The van der Waals surface area contributed by atoms with Crippen molar-refractivity contribution in [3.05, 3.63) is 0 Å². The Morgan fingerprint density at radius 3 is 0.960 bits per heavy atom. The maximum absolute atomic E-state index is 2.38. The molecule has 0 aromatic carbocycles. The highest BCUT2D eigenvalue weighted by molar-refractivity contribution is 4.80. The quantitative estimate of drug-likeness (QED) is 0.191. The molecule has 0 heterocycles. The van der Waals surface area contributed by atoms with Crippen LogP contribution in [0, 0.1) is 5.41 Å². The minimum atomic E-state index is 0.696. The van der Waals surface area contributed by atoms with E-state index in [1.54, 1.807) is 0 Å². The molecule has 0 amide bonds. The van der Waals surface area contributed by atoms with Gasteiger partial charge in [-0.25, -0.2) is 0 Å². The number of hydrogen-bond donors (Lipinski definition) is 0. The summed E-state index contributed by atoms with van der Waals surface area (Å²) in [6, 6.07) is 0. The smallest absolute Gasteiger partial charge is 0.0297 e. The Morgan fingerprint density at radius 1 is 0.320 bits per heavy atom. The summed E-state index contributed by atoms with van der Waals surface area (Å²) in [5.74, 6) is 0. The lowest BCUT2D eigenvalue weighted by molar-refractivity contribution is 0.174. The summed E-state index contributed by atoms with van der Waals surface area (Å²) in [6.07, 6.45) is 29.2. The average molecular weight is 353 g/mol. The van der Waals surface area contributed by atoms with Gasteiger partial charge >= 0.3 is 0 Å². The van der Waals surface area contributed by atoms with Gasteiger partial charge in [0.25, 0.3) is 0 Å². The fraction of sp³-hybridized carbons (Fsp3) is 1.00. The fourth-order valence-electron chi connectivity index (χ4n) is 4.41. The van der Waals surface area contributed by atoms with Crippen LogP contribution >= 0.6 is 0 Å². The molecule has 25 heavy (non-hydrogen) atoms. The van der Waals surface area contributed by atoms with E-state index < -0.39 is 0 Å². The molecule has 152 valence electrons. The van der Waals surface area contributed by atoms with Crippen LogP contribution in [0.25, 0.3) is 0 Å². The van der Waals surface area contributed by atoms with Crippen molar-refractivity contribution in [3.63, 3.8) is 0 Å². The minimum Gasteiger partial charge on any atom is -0.0654 e. The van der Waals surface area contributed by atoms with Gasteiger partial charge in [-0.1, -0.05) is 130 Å². The summed E-state index contributed by atoms with van der Waals surface area (Å²) in [4.78, 5) is 0. The first-order chi connectivity index (χ1) is 12.2. The van der Waals surface area contributed by atoms with Gasteiger partial charge < -0.3 is 0 Å². The summed E-state index contributed by atoms with van der Waals surface area (Å²) < 4.78 is 0. The van der Waals surface area contributed by atoms with Crippen molar-refractivity contribution in [2.45, 2.75) is 156 Å². The van der Waals surface area contributed by atoms with Crippen molar-refractivity contribution >= 4 is 0 Å². The van der Waals surface area contributed by atoms with Gasteiger partial charge in [0.2, 0.25) is 0 Å². The summed E-state index contributed by atoms with van der Waals surface area (Å²) in [6.45, 7) is 9.39. The maximum atomic E-state index is 2.38. The van der Waals surface area contributed by atoms with Crippen LogP contribution in [0.2, 0.25) is 0 Å². The Balaban J connectivity index is 4.35. The molecular weight excluding hydrogens is 300 g/mol. The normalized spacial score (nSPS) is 12.0. The molecule has 0 aliphatic rings. The molecule has 0 aliphatic heterocycles.